The van der Waals surface area contributed by atoms with Crippen molar-refractivity contribution in [1.82, 2.24) is 0 Å². The molecule has 15 heavy (non-hydrogen) atoms. The molecule has 4 heteroatoms. The Morgan fingerprint density at radius 2 is 2.13 bits per heavy atom. The van der Waals surface area contributed by atoms with Crippen molar-refractivity contribution in [2.45, 2.75) is 19.4 Å². The number of rotatable bonds is 5. The van der Waals surface area contributed by atoms with E-state index in [1.54, 1.807) is 0 Å². The average Bonchev–Trinajstić information content (AvgIpc) is 2.20. The third-order valence-corrected chi connectivity index (χ3v) is 2.15. The summed E-state index contributed by atoms with van der Waals surface area (Å²) in [5.41, 5.74) is 11.6. The van der Waals surface area contributed by atoms with Crippen LogP contribution in [0.5, 0.6) is 5.75 Å². The average molecular weight is 208 g/mol. The molecule has 4 nitrogen and oxygen atoms in total. The van der Waals surface area contributed by atoms with Crippen LogP contribution in [0.25, 0.3) is 0 Å². The summed E-state index contributed by atoms with van der Waals surface area (Å²) in [6.45, 7) is 2.36. The molecule has 0 saturated carbocycles. The minimum atomic E-state index is -0.631. The predicted octanol–water partition coefficient (Wildman–Crippen LogP) is 0.577. The molecule has 0 fully saturated rings. The van der Waals surface area contributed by atoms with Crippen LogP contribution >= 0.6 is 0 Å². The molecule has 1 aromatic carbocycles. The van der Waals surface area contributed by atoms with Crippen LogP contribution in [0, 0.1) is 6.92 Å². The van der Waals surface area contributed by atoms with E-state index in [0.717, 1.165) is 11.3 Å². The van der Waals surface area contributed by atoms with E-state index in [1.807, 2.05) is 31.2 Å². The van der Waals surface area contributed by atoms with Gasteiger partial charge in [-0.15, -0.1) is 0 Å². The zero-order valence-electron chi connectivity index (χ0n) is 8.77. The van der Waals surface area contributed by atoms with Gasteiger partial charge in [0.05, 0.1) is 12.6 Å². The molecule has 1 unspecified atom stereocenters. The fourth-order valence-corrected chi connectivity index (χ4v) is 1.16. The second kappa shape index (κ2) is 5.36. The first-order valence-corrected chi connectivity index (χ1v) is 4.84. The number of hydrogen-bond acceptors (Lipinski definition) is 3. The Hall–Kier alpha value is -1.55. The number of carbonyl (C=O) groups is 1. The summed E-state index contributed by atoms with van der Waals surface area (Å²) < 4.78 is 5.47. The van der Waals surface area contributed by atoms with E-state index in [4.69, 9.17) is 16.2 Å². The number of nitrogens with two attached hydrogens (primary N) is 2. The largest absolute Gasteiger partial charge is 0.493 e. The molecule has 0 aliphatic rings. The van der Waals surface area contributed by atoms with Gasteiger partial charge in [0.25, 0.3) is 0 Å². The molecular formula is C11H16N2O2. The summed E-state index contributed by atoms with van der Waals surface area (Å²) in [6.07, 6.45) is 0.434. The van der Waals surface area contributed by atoms with Crippen molar-refractivity contribution in [3.63, 3.8) is 0 Å². The van der Waals surface area contributed by atoms with Gasteiger partial charge < -0.3 is 16.2 Å². The van der Waals surface area contributed by atoms with Gasteiger partial charge in [0.1, 0.15) is 5.75 Å². The highest BCUT2D eigenvalue weighted by molar-refractivity contribution is 5.79. The monoisotopic (exact) mass is 208 g/mol. The van der Waals surface area contributed by atoms with Crippen LogP contribution in [0.3, 0.4) is 0 Å². The summed E-state index contributed by atoms with van der Waals surface area (Å²) in [4.78, 5) is 10.7. The van der Waals surface area contributed by atoms with E-state index < -0.39 is 11.9 Å². The van der Waals surface area contributed by atoms with Crippen LogP contribution < -0.4 is 16.2 Å². The number of ether oxygens (including phenoxy) is 1. The molecule has 0 aromatic heterocycles. The van der Waals surface area contributed by atoms with Gasteiger partial charge in [0.15, 0.2) is 0 Å². The van der Waals surface area contributed by atoms with Crippen LogP contribution in [0.15, 0.2) is 24.3 Å². The van der Waals surface area contributed by atoms with E-state index in [-0.39, 0.29) is 0 Å². The Bertz CT molecular complexity index is 339. The lowest BCUT2D eigenvalue weighted by Gasteiger charge is -2.10. The molecule has 0 spiro atoms. The second-order valence-corrected chi connectivity index (χ2v) is 3.41. The van der Waals surface area contributed by atoms with Gasteiger partial charge in [-0.3, -0.25) is 4.79 Å². The number of amides is 1. The van der Waals surface area contributed by atoms with Gasteiger partial charge in [-0.2, -0.15) is 0 Å². The zero-order chi connectivity index (χ0) is 11.3. The Morgan fingerprint density at radius 3 is 2.73 bits per heavy atom. The van der Waals surface area contributed by atoms with Crippen molar-refractivity contribution >= 4 is 5.91 Å². The Kier molecular flexibility index (Phi) is 4.12. The predicted molar refractivity (Wildman–Crippen MR) is 58.5 cm³/mol. The molecule has 0 aliphatic carbocycles. The van der Waals surface area contributed by atoms with Crippen molar-refractivity contribution in [3.8, 4) is 5.75 Å². The fourth-order valence-electron chi connectivity index (χ4n) is 1.16. The van der Waals surface area contributed by atoms with Gasteiger partial charge in [-0.1, -0.05) is 18.2 Å². The van der Waals surface area contributed by atoms with Crippen molar-refractivity contribution in [1.29, 1.82) is 0 Å². The number of carbonyl (C=O) groups excluding carboxylic acids is 1. The van der Waals surface area contributed by atoms with Crippen LogP contribution in [0.2, 0.25) is 0 Å². The highest BCUT2D eigenvalue weighted by atomic mass is 16.5. The molecule has 82 valence electrons. The first-order chi connectivity index (χ1) is 7.11. The van der Waals surface area contributed by atoms with Gasteiger partial charge in [0, 0.05) is 6.42 Å². The molecule has 0 saturated heterocycles. The van der Waals surface area contributed by atoms with Gasteiger partial charge in [0.2, 0.25) is 5.91 Å². The van der Waals surface area contributed by atoms with Gasteiger partial charge in [-0.25, -0.2) is 0 Å². The molecular weight excluding hydrogens is 192 g/mol. The van der Waals surface area contributed by atoms with Crippen LogP contribution in [-0.4, -0.2) is 18.6 Å². The lowest BCUT2D eigenvalue weighted by atomic mass is 10.2. The van der Waals surface area contributed by atoms with E-state index >= 15 is 0 Å². The summed E-state index contributed by atoms with van der Waals surface area (Å²) >= 11 is 0. The van der Waals surface area contributed by atoms with Crippen LogP contribution in [0.4, 0.5) is 0 Å². The Morgan fingerprint density at radius 1 is 1.47 bits per heavy atom. The zero-order valence-corrected chi connectivity index (χ0v) is 8.77. The van der Waals surface area contributed by atoms with Gasteiger partial charge >= 0.3 is 0 Å². The maximum absolute atomic E-state index is 10.7. The maximum Gasteiger partial charge on any atom is 0.234 e. The van der Waals surface area contributed by atoms with Gasteiger partial charge in [-0.05, 0) is 18.6 Å². The van der Waals surface area contributed by atoms with E-state index in [2.05, 4.69) is 0 Å². The quantitative estimate of drug-likeness (QED) is 0.742. The first kappa shape index (κ1) is 11.5. The number of benzene rings is 1. The topological polar surface area (TPSA) is 78.3 Å². The molecule has 1 rings (SSSR count). The molecule has 0 radical (unpaired) electrons. The molecule has 1 aromatic rings. The minimum Gasteiger partial charge on any atom is -0.493 e. The lowest BCUT2D eigenvalue weighted by Crippen LogP contribution is -2.37. The molecule has 0 heterocycles. The highest BCUT2D eigenvalue weighted by Crippen LogP contribution is 2.16. The fraction of sp³-hybridized carbons (Fsp3) is 0.364. The van der Waals surface area contributed by atoms with E-state index in [0.29, 0.717) is 13.0 Å². The number of para-hydroxylation sites is 1. The Balaban J connectivity index is 2.38. The first-order valence-electron chi connectivity index (χ1n) is 4.84. The van der Waals surface area contributed by atoms with Crippen molar-refractivity contribution < 1.29 is 9.53 Å². The van der Waals surface area contributed by atoms with Crippen LogP contribution in [-0.2, 0) is 4.79 Å². The third kappa shape index (κ3) is 3.59. The summed E-state index contributed by atoms with van der Waals surface area (Å²) in [6, 6.07) is 7.05. The lowest BCUT2D eigenvalue weighted by molar-refractivity contribution is -0.119. The van der Waals surface area contributed by atoms with E-state index in [9.17, 15) is 4.79 Å². The summed E-state index contributed by atoms with van der Waals surface area (Å²) in [5.74, 6) is 0.317. The second-order valence-electron chi connectivity index (χ2n) is 3.41. The minimum absolute atomic E-state index is 0.398. The normalized spacial score (nSPS) is 12.1. The number of primary amides is 1. The summed E-state index contributed by atoms with van der Waals surface area (Å²) in [7, 11) is 0. The molecule has 4 N–H and O–H groups in total. The maximum atomic E-state index is 10.7. The van der Waals surface area contributed by atoms with E-state index in [1.165, 1.54) is 0 Å². The SMILES string of the molecule is Cc1ccccc1OCCC(N)C(N)=O. The Labute approximate surface area is 89.2 Å². The third-order valence-electron chi connectivity index (χ3n) is 2.15. The number of hydrogen-bond donors (Lipinski definition) is 2. The molecule has 1 amide bonds. The smallest absolute Gasteiger partial charge is 0.234 e. The standard InChI is InChI=1S/C11H16N2O2/c1-8-4-2-3-5-10(8)15-7-6-9(12)11(13)14/h2-5,9H,6-7,12H2,1H3,(H2,13,14). The van der Waals surface area contributed by atoms with Crippen molar-refractivity contribution in [2.75, 3.05) is 6.61 Å². The van der Waals surface area contributed by atoms with Crippen LogP contribution in [0.1, 0.15) is 12.0 Å². The summed E-state index contributed by atoms with van der Waals surface area (Å²) in [5, 5.41) is 0. The molecule has 0 aliphatic heterocycles. The molecule has 0 bridgehead atoms. The van der Waals surface area contributed by atoms with Crippen molar-refractivity contribution in [3.05, 3.63) is 29.8 Å². The molecule has 1 atom stereocenters. The van der Waals surface area contributed by atoms with Crippen molar-refractivity contribution in [2.24, 2.45) is 11.5 Å². The highest BCUT2D eigenvalue weighted by Gasteiger charge is 2.08. The number of aryl methyl sites for hydroxylation is 1.